The second-order valence-electron chi connectivity index (χ2n) is 3.52. The number of ether oxygens (including phenoxy) is 1. The number of methoxy groups -OCH3 is 1. The maximum atomic E-state index is 11.5. The maximum Gasteiger partial charge on any atom is 0.169 e. The first-order valence-electron chi connectivity index (χ1n) is 5.10. The molecule has 1 aromatic carbocycles. The van der Waals surface area contributed by atoms with Crippen LogP contribution in [0.1, 0.15) is 18.6 Å². The van der Waals surface area contributed by atoms with Crippen LogP contribution in [0.5, 0.6) is 5.75 Å². The Morgan fingerprint density at radius 1 is 1.35 bits per heavy atom. The van der Waals surface area contributed by atoms with Crippen molar-refractivity contribution in [1.82, 2.24) is 0 Å². The van der Waals surface area contributed by atoms with Crippen molar-refractivity contribution >= 4 is 21.4 Å². The lowest BCUT2D eigenvalue weighted by Gasteiger charge is -2.17. The lowest BCUT2D eigenvalue weighted by Crippen LogP contribution is -2.24. The van der Waals surface area contributed by atoms with E-state index in [1.807, 2.05) is 0 Å². The fourth-order valence-electron chi connectivity index (χ4n) is 1.31. The Hall–Kier alpha value is -0.780. The van der Waals surface area contributed by atoms with Gasteiger partial charge in [0.1, 0.15) is 11.9 Å². The molecule has 4 nitrogen and oxygen atoms in total. The van der Waals surface area contributed by atoms with Crippen molar-refractivity contribution in [2.45, 2.75) is 17.7 Å². The predicted octanol–water partition coefficient (Wildman–Crippen LogP) is 1.73. The van der Waals surface area contributed by atoms with E-state index in [1.165, 1.54) is 14.0 Å². The van der Waals surface area contributed by atoms with Gasteiger partial charge < -0.3 is 9.84 Å². The molecule has 0 radical (unpaired) electrons. The summed E-state index contributed by atoms with van der Waals surface area (Å²) >= 11 is 5.76. The van der Waals surface area contributed by atoms with Crippen molar-refractivity contribution in [3.8, 4) is 5.75 Å². The van der Waals surface area contributed by atoms with Gasteiger partial charge in [-0.2, -0.15) is 0 Å². The Kier molecular flexibility index (Phi) is 4.80. The zero-order chi connectivity index (χ0) is 13.1. The summed E-state index contributed by atoms with van der Waals surface area (Å²) in [5.41, 5.74) is 0.447. The van der Waals surface area contributed by atoms with Gasteiger partial charge in [-0.1, -0.05) is 19.1 Å². The Labute approximate surface area is 106 Å². The topological polar surface area (TPSA) is 63.6 Å². The van der Waals surface area contributed by atoms with Crippen LogP contribution in [-0.4, -0.2) is 31.1 Å². The van der Waals surface area contributed by atoms with Gasteiger partial charge in [0, 0.05) is 5.75 Å². The highest BCUT2D eigenvalue weighted by atomic mass is 35.5. The molecule has 0 aromatic heterocycles. The molecule has 0 fully saturated rings. The quantitative estimate of drug-likeness (QED) is 0.833. The van der Waals surface area contributed by atoms with Crippen molar-refractivity contribution in [2.24, 2.45) is 0 Å². The van der Waals surface area contributed by atoms with Crippen molar-refractivity contribution < 1.29 is 18.3 Å². The number of sulfone groups is 1. The lowest BCUT2D eigenvalue weighted by molar-refractivity contribution is 0.191. The number of rotatable bonds is 5. The highest BCUT2D eigenvalue weighted by Crippen LogP contribution is 2.27. The zero-order valence-corrected chi connectivity index (χ0v) is 11.2. The molecule has 0 bridgehead atoms. The Morgan fingerprint density at radius 3 is 2.29 bits per heavy atom. The van der Waals surface area contributed by atoms with Crippen LogP contribution in [0.3, 0.4) is 0 Å². The van der Waals surface area contributed by atoms with E-state index in [1.54, 1.807) is 24.3 Å². The molecule has 0 saturated heterocycles. The van der Waals surface area contributed by atoms with Gasteiger partial charge >= 0.3 is 0 Å². The summed E-state index contributed by atoms with van der Waals surface area (Å²) in [6.07, 6.45) is -1.24. The molecule has 6 heteroatoms. The van der Waals surface area contributed by atoms with Crippen LogP contribution < -0.4 is 4.74 Å². The highest BCUT2D eigenvalue weighted by Gasteiger charge is 2.29. The van der Waals surface area contributed by atoms with Gasteiger partial charge in [0.2, 0.25) is 0 Å². The zero-order valence-electron chi connectivity index (χ0n) is 9.63. The molecular weight excluding hydrogens is 264 g/mol. The fraction of sp³-hybridized carbons (Fsp3) is 0.455. The summed E-state index contributed by atoms with van der Waals surface area (Å²) in [5.74, 6) is 0.527. The summed E-state index contributed by atoms with van der Waals surface area (Å²) in [5, 5.41) is 9.87. The third-order valence-corrected chi connectivity index (χ3v) is 5.25. The number of halogens is 1. The number of benzene rings is 1. The number of aliphatic hydroxyl groups is 1. The van der Waals surface area contributed by atoms with Gasteiger partial charge in [0.25, 0.3) is 0 Å². The van der Waals surface area contributed by atoms with E-state index in [4.69, 9.17) is 16.3 Å². The third-order valence-electron chi connectivity index (χ3n) is 2.45. The Balaban J connectivity index is 2.92. The third kappa shape index (κ3) is 3.34. The van der Waals surface area contributed by atoms with E-state index in [9.17, 15) is 13.5 Å². The molecule has 0 heterocycles. The molecule has 1 aromatic rings. The van der Waals surface area contributed by atoms with Crippen LogP contribution in [0.2, 0.25) is 0 Å². The van der Waals surface area contributed by atoms with E-state index in [0.717, 1.165) is 0 Å². The van der Waals surface area contributed by atoms with Gasteiger partial charge in [-0.3, -0.25) is 0 Å². The molecule has 0 aliphatic rings. The van der Waals surface area contributed by atoms with Gasteiger partial charge in [0.15, 0.2) is 14.5 Å². The van der Waals surface area contributed by atoms with Crippen LogP contribution in [-0.2, 0) is 9.84 Å². The van der Waals surface area contributed by atoms with Gasteiger partial charge in [-0.15, -0.1) is 11.6 Å². The van der Waals surface area contributed by atoms with Crippen molar-refractivity contribution in [2.75, 3.05) is 12.9 Å². The number of aliphatic hydroxyl groups excluding tert-OH is 1. The summed E-state index contributed by atoms with van der Waals surface area (Å²) < 4.78 is 26.7. The highest BCUT2D eigenvalue weighted by molar-refractivity contribution is 7.93. The largest absolute Gasteiger partial charge is 0.497 e. The second kappa shape index (κ2) is 5.71. The van der Waals surface area contributed by atoms with E-state index >= 15 is 0 Å². The minimum atomic E-state index is -3.48. The van der Waals surface area contributed by atoms with E-state index in [2.05, 4.69) is 0 Å². The first-order valence-corrected chi connectivity index (χ1v) is 7.25. The minimum Gasteiger partial charge on any atom is -0.497 e. The number of alkyl halides is 1. The second-order valence-corrected chi connectivity index (χ2v) is 6.66. The normalized spacial score (nSPS) is 15.3. The molecule has 0 aliphatic heterocycles. The number of hydrogen-bond donors (Lipinski definition) is 1. The molecule has 1 rings (SSSR count). The van der Waals surface area contributed by atoms with Crippen LogP contribution >= 0.6 is 11.6 Å². The monoisotopic (exact) mass is 278 g/mol. The van der Waals surface area contributed by atoms with Crippen LogP contribution in [0.25, 0.3) is 0 Å². The van der Waals surface area contributed by atoms with Crippen LogP contribution in [0.15, 0.2) is 24.3 Å². The molecule has 17 heavy (non-hydrogen) atoms. The minimum absolute atomic E-state index is 0.103. The maximum absolute atomic E-state index is 11.5. The summed E-state index contributed by atoms with van der Waals surface area (Å²) in [7, 11) is -1.95. The lowest BCUT2D eigenvalue weighted by atomic mass is 10.1. The van der Waals surface area contributed by atoms with Crippen molar-refractivity contribution in [3.05, 3.63) is 29.8 Å². The molecule has 0 unspecified atom stereocenters. The molecule has 1 N–H and O–H groups in total. The standard InChI is InChI=1S/C11H15ClO4S/c1-3-17(14,15)11(12)10(13)8-4-6-9(16-2)7-5-8/h4-7,10-11,13H,3H2,1-2H3/t10-,11-/m0/s1. The average Bonchev–Trinajstić information content (AvgIpc) is 2.37. The molecular formula is C11H15ClO4S. The van der Waals surface area contributed by atoms with Gasteiger partial charge in [-0.25, -0.2) is 8.42 Å². The predicted molar refractivity (Wildman–Crippen MR) is 67.1 cm³/mol. The first-order chi connectivity index (χ1) is 7.92. The van der Waals surface area contributed by atoms with Crippen LogP contribution in [0, 0.1) is 0 Å². The smallest absolute Gasteiger partial charge is 0.169 e. The first kappa shape index (κ1) is 14.3. The summed E-state index contributed by atoms with van der Waals surface area (Å²) in [4.78, 5) is 0. The van der Waals surface area contributed by atoms with E-state index < -0.39 is 20.7 Å². The van der Waals surface area contributed by atoms with E-state index in [-0.39, 0.29) is 5.75 Å². The van der Waals surface area contributed by atoms with E-state index in [0.29, 0.717) is 11.3 Å². The van der Waals surface area contributed by atoms with Gasteiger partial charge in [-0.05, 0) is 17.7 Å². The SMILES string of the molecule is CCS(=O)(=O)[C@H](Cl)[C@@H](O)c1ccc(OC)cc1. The number of hydrogen-bond acceptors (Lipinski definition) is 4. The van der Waals surface area contributed by atoms with Crippen molar-refractivity contribution in [3.63, 3.8) is 0 Å². The molecule has 2 atom stereocenters. The van der Waals surface area contributed by atoms with Gasteiger partial charge in [0.05, 0.1) is 7.11 Å². The summed E-state index contributed by atoms with van der Waals surface area (Å²) in [6.45, 7) is 1.49. The summed E-state index contributed by atoms with van der Waals surface area (Å²) in [6, 6.07) is 6.45. The Morgan fingerprint density at radius 2 is 1.88 bits per heavy atom. The average molecular weight is 279 g/mol. The molecule has 0 spiro atoms. The Bertz CT molecular complexity index is 455. The molecule has 96 valence electrons. The fourth-order valence-corrected chi connectivity index (χ4v) is 2.70. The molecule has 0 aliphatic carbocycles. The van der Waals surface area contributed by atoms with Crippen LogP contribution in [0.4, 0.5) is 0 Å². The van der Waals surface area contributed by atoms with Crippen molar-refractivity contribution in [1.29, 1.82) is 0 Å². The molecule has 0 amide bonds. The molecule has 0 saturated carbocycles.